The molecule has 0 saturated carbocycles. The van der Waals surface area contributed by atoms with Crippen molar-refractivity contribution in [1.29, 1.82) is 0 Å². The molecule has 112 valence electrons. The molecule has 0 heterocycles. The highest BCUT2D eigenvalue weighted by Crippen LogP contribution is 2.07. The number of rotatable bonds is 11. The lowest BCUT2D eigenvalue weighted by Crippen LogP contribution is -2.54. The van der Waals surface area contributed by atoms with Crippen molar-refractivity contribution in [3.05, 3.63) is 0 Å². The van der Waals surface area contributed by atoms with E-state index in [1.165, 1.54) is 0 Å². The van der Waals surface area contributed by atoms with Crippen LogP contribution in [0.15, 0.2) is 0 Å². The molecule has 0 aromatic rings. The molecule has 7 nitrogen and oxygen atoms in total. The van der Waals surface area contributed by atoms with Gasteiger partial charge in [0.05, 0.1) is 0 Å². The monoisotopic (exact) mass is 275 g/mol. The second-order valence-electron chi connectivity index (χ2n) is 4.67. The molecule has 3 atom stereocenters. The fraction of sp³-hybridized carbons (Fsp3) is 0.833. The summed E-state index contributed by atoms with van der Waals surface area (Å²) in [6, 6.07) is -1.61. The molecule has 0 aliphatic carbocycles. The number of carboxylic acids is 2. The summed E-state index contributed by atoms with van der Waals surface area (Å²) in [4.78, 5) is 22.1. The molecule has 0 aliphatic rings. The van der Waals surface area contributed by atoms with Crippen LogP contribution in [0.5, 0.6) is 0 Å². The van der Waals surface area contributed by atoms with Gasteiger partial charge in [0.2, 0.25) is 0 Å². The van der Waals surface area contributed by atoms with E-state index in [9.17, 15) is 9.59 Å². The molecule has 0 aromatic heterocycles. The normalized spacial score (nSPS) is 15.7. The smallest absolute Gasteiger partial charge is 0.322 e. The van der Waals surface area contributed by atoms with Gasteiger partial charge in [-0.05, 0) is 31.7 Å². The lowest BCUT2D eigenvalue weighted by Gasteiger charge is -2.23. The minimum Gasteiger partial charge on any atom is -0.480 e. The zero-order valence-electron chi connectivity index (χ0n) is 11.6. The van der Waals surface area contributed by atoms with Gasteiger partial charge in [-0.2, -0.15) is 0 Å². The topological polar surface area (TPSA) is 125 Å². The van der Waals surface area contributed by atoms with E-state index in [0.717, 1.165) is 6.42 Å². The van der Waals surface area contributed by atoms with Crippen LogP contribution in [0, 0.1) is 5.92 Å². The molecule has 0 saturated heterocycles. The third kappa shape index (κ3) is 7.09. The highest BCUT2D eigenvalue weighted by molar-refractivity contribution is 5.75. The van der Waals surface area contributed by atoms with E-state index < -0.39 is 24.0 Å². The average Bonchev–Trinajstić information content (AvgIpc) is 2.35. The Bertz CT molecular complexity index is 286. The summed E-state index contributed by atoms with van der Waals surface area (Å²) >= 11 is 0. The van der Waals surface area contributed by atoms with E-state index in [1.54, 1.807) is 6.92 Å². The molecule has 0 rings (SSSR count). The van der Waals surface area contributed by atoms with Crippen LogP contribution in [0.1, 0.15) is 39.5 Å². The molecule has 0 unspecified atom stereocenters. The Balaban J connectivity index is 4.34. The van der Waals surface area contributed by atoms with Gasteiger partial charge < -0.3 is 15.9 Å². The summed E-state index contributed by atoms with van der Waals surface area (Å²) in [5, 5.41) is 18.1. The Morgan fingerprint density at radius 3 is 2.21 bits per heavy atom. The van der Waals surface area contributed by atoms with E-state index in [1.807, 2.05) is 6.92 Å². The number of nitrogens with one attached hydrogen (secondary N) is 2. The molecule has 0 spiro atoms. The van der Waals surface area contributed by atoms with Gasteiger partial charge in [0.15, 0.2) is 0 Å². The molecule has 7 heteroatoms. The van der Waals surface area contributed by atoms with Gasteiger partial charge >= 0.3 is 11.9 Å². The van der Waals surface area contributed by atoms with Gasteiger partial charge in [-0.25, -0.2) is 10.9 Å². The first-order valence-corrected chi connectivity index (χ1v) is 6.60. The van der Waals surface area contributed by atoms with Crippen molar-refractivity contribution in [2.45, 2.75) is 51.6 Å². The third-order valence-corrected chi connectivity index (χ3v) is 3.14. The van der Waals surface area contributed by atoms with Crippen LogP contribution in [-0.4, -0.2) is 40.8 Å². The summed E-state index contributed by atoms with van der Waals surface area (Å²) in [7, 11) is 0. The second kappa shape index (κ2) is 9.71. The molecule has 0 aliphatic heterocycles. The maximum Gasteiger partial charge on any atom is 0.322 e. The van der Waals surface area contributed by atoms with Crippen LogP contribution in [0.25, 0.3) is 0 Å². The minimum absolute atomic E-state index is 0.0940. The molecule has 0 amide bonds. The lowest BCUT2D eigenvalue weighted by atomic mass is 10.00. The van der Waals surface area contributed by atoms with Crippen LogP contribution >= 0.6 is 0 Å². The maximum atomic E-state index is 11.1. The Kier molecular flexibility index (Phi) is 9.11. The number of aliphatic carboxylic acids is 2. The minimum atomic E-state index is -1.00. The summed E-state index contributed by atoms with van der Waals surface area (Å²) in [5.41, 5.74) is 10.6. The predicted octanol–water partition coefficient (Wildman–Crippen LogP) is 0.162. The molecule has 0 fully saturated rings. The van der Waals surface area contributed by atoms with Crippen molar-refractivity contribution in [3.8, 4) is 0 Å². The lowest BCUT2D eigenvalue weighted by molar-refractivity contribution is -0.144. The fourth-order valence-corrected chi connectivity index (χ4v) is 1.62. The van der Waals surface area contributed by atoms with E-state index >= 15 is 0 Å². The molecule has 0 bridgehead atoms. The molecule has 0 radical (unpaired) electrons. The van der Waals surface area contributed by atoms with E-state index in [4.69, 9.17) is 15.9 Å². The Morgan fingerprint density at radius 1 is 1.16 bits per heavy atom. The highest BCUT2D eigenvalue weighted by atomic mass is 16.4. The van der Waals surface area contributed by atoms with Crippen molar-refractivity contribution >= 4 is 11.9 Å². The standard InChI is InChI=1S/C12H25N3O4/c1-3-8(2)10(12(18)19)15-14-9(11(16)17)6-4-5-7-13/h8-10,14-15H,3-7,13H2,1-2H3,(H,16,17)(H,18,19)/t8-,9-,10-/m0/s1. The maximum absolute atomic E-state index is 11.1. The van der Waals surface area contributed by atoms with Crippen molar-refractivity contribution in [1.82, 2.24) is 10.9 Å². The van der Waals surface area contributed by atoms with Gasteiger partial charge in [-0.15, -0.1) is 0 Å². The number of carboxylic acid groups (broad SMARTS) is 2. The largest absolute Gasteiger partial charge is 0.480 e. The Hall–Kier alpha value is -1.18. The number of nitrogens with two attached hydrogens (primary N) is 1. The van der Waals surface area contributed by atoms with Crippen LogP contribution in [0.2, 0.25) is 0 Å². The number of hydrogen-bond donors (Lipinski definition) is 5. The van der Waals surface area contributed by atoms with Gasteiger partial charge in [-0.1, -0.05) is 20.3 Å². The fourth-order valence-electron chi connectivity index (χ4n) is 1.62. The summed E-state index contributed by atoms with van der Waals surface area (Å²) in [6.45, 7) is 4.21. The van der Waals surface area contributed by atoms with E-state index in [-0.39, 0.29) is 5.92 Å². The summed E-state index contributed by atoms with van der Waals surface area (Å²) in [5.74, 6) is -2.09. The Morgan fingerprint density at radius 2 is 1.79 bits per heavy atom. The number of hydrazine groups is 1. The first-order valence-electron chi connectivity index (χ1n) is 6.60. The average molecular weight is 275 g/mol. The summed E-state index contributed by atoms with van der Waals surface area (Å²) in [6.07, 6.45) is 2.53. The zero-order valence-corrected chi connectivity index (χ0v) is 11.6. The van der Waals surface area contributed by atoms with Gasteiger partial charge in [-0.3, -0.25) is 9.59 Å². The predicted molar refractivity (Wildman–Crippen MR) is 71.5 cm³/mol. The first-order chi connectivity index (χ1) is 8.93. The molecular formula is C12H25N3O4. The molecule has 0 aromatic carbocycles. The number of unbranched alkanes of at least 4 members (excludes halogenated alkanes) is 1. The van der Waals surface area contributed by atoms with Gasteiger partial charge in [0, 0.05) is 0 Å². The molecular weight excluding hydrogens is 250 g/mol. The SMILES string of the molecule is CC[C@H](C)[C@H](NN[C@@H](CCCCN)C(=O)O)C(=O)O. The quantitative estimate of drug-likeness (QED) is 0.269. The van der Waals surface area contributed by atoms with Gasteiger partial charge in [0.25, 0.3) is 0 Å². The molecule has 6 N–H and O–H groups in total. The number of hydrogen-bond acceptors (Lipinski definition) is 5. The number of carbonyl (C=O) groups is 2. The second-order valence-corrected chi connectivity index (χ2v) is 4.67. The Labute approximate surface area is 113 Å². The third-order valence-electron chi connectivity index (χ3n) is 3.14. The van der Waals surface area contributed by atoms with Crippen molar-refractivity contribution in [2.75, 3.05) is 6.54 Å². The van der Waals surface area contributed by atoms with Crippen LogP contribution < -0.4 is 16.6 Å². The van der Waals surface area contributed by atoms with Crippen molar-refractivity contribution < 1.29 is 19.8 Å². The molecule has 19 heavy (non-hydrogen) atoms. The van der Waals surface area contributed by atoms with Crippen molar-refractivity contribution in [3.63, 3.8) is 0 Å². The zero-order chi connectivity index (χ0) is 14.8. The van der Waals surface area contributed by atoms with Crippen LogP contribution in [0.4, 0.5) is 0 Å². The van der Waals surface area contributed by atoms with E-state index in [2.05, 4.69) is 10.9 Å². The highest BCUT2D eigenvalue weighted by Gasteiger charge is 2.25. The summed E-state index contributed by atoms with van der Waals surface area (Å²) < 4.78 is 0. The van der Waals surface area contributed by atoms with Crippen LogP contribution in [0.3, 0.4) is 0 Å². The van der Waals surface area contributed by atoms with Crippen molar-refractivity contribution in [2.24, 2.45) is 11.7 Å². The van der Waals surface area contributed by atoms with Gasteiger partial charge in [0.1, 0.15) is 12.1 Å². The first kappa shape index (κ1) is 17.8. The van der Waals surface area contributed by atoms with Crippen LogP contribution in [-0.2, 0) is 9.59 Å². The van der Waals surface area contributed by atoms with E-state index in [0.29, 0.717) is 25.8 Å².